The number of anilines is 1. The van der Waals surface area contributed by atoms with Crippen LogP contribution in [0.2, 0.25) is 0 Å². The van der Waals surface area contributed by atoms with Crippen molar-refractivity contribution in [3.8, 4) is 0 Å². The van der Waals surface area contributed by atoms with Gasteiger partial charge in [0.15, 0.2) is 0 Å². The zero-order valence-electron chi connectivity index (χ0n) is 18.7. The molecular weight excluding hydrogens is 404 g/mol. The van der Waals surface area contributed by atoms with E-state index in [2.05, 4.69) is 16.6 Å². The molecule has 0 unspecified atom stereocenters. The molecule has 0 radical (unpaired) electrons. The van der Waals surface area contributed by atoms with E-state index in [-0.39, 0.29) is 0 Å². The number of aryl methyl sites for hydroxylation is 2. The van der Waals surface area contributed by atoms with Crippen LogP contribution in [0.4, 0.5) is 5.69 Å². The SMILES string of the molecule is CCCCCCCCCCc1cc(C)ccc1S(=O)(=O)Nc1cccc2cccnc12. The summed E-state index contributed by atoms with van der Waals surface area (Å²) in [5.41, 5.74) is 3.15. The minimum atomic E-state index is -3.70. The minimum Gasteiger partial charge on any atom is -0.277 e. The van der Waals surface area contributed by atoms with Crippen molar-refractivity contribution in [2.45, 2.75) is 76.5 Å². The Morgan fingerprint density at radius 1 is 0.871 bits per heavy atom. The number of hydrogen-bond donors (Lipinski definition) is 1. The number of benzene rings is 2. The van der Waals surface area contributed by atoms with E-state index in [1.807, 2.05) is 43.3 Å². The zero-order valence-corrected chi connectivity index (χ0v) is 19.5. The van der Waals surface area contributed by atoms with E-state index >= 15 is 0 Å². The van der Waals surface area contributed by atoms with E-state index in [9.17, 15) is 8.42 Å². The van der Waals surface area contributed by atoms with E-state index in [4.69, 9.17) is 0 Å². The van der Waals surface area contributed by atoms with Gasteiger partial charge in [-0.3, -0.25) is 9.71 Å². The molecule has 31 heavy (non-hydrogen) atoms. The van der Waals surface area contributed by atoms with Gasteiger partial charge in [0.1, 0.15) is 0 Å². The third kappa shape index (κ3) is 6.54. The van der Waals surface area contributed by atoms with E-state index in [0.717, 1.165) is 35.8 Å². The lowest BCUT2D eigenvalue weighted by atomic mass is 10.0. The van der Waals surface area contributed by atoms with Crippen LogP contribution in [0.15, 0.2) is 59.6 Å². The maximum atomic E-state index is 13.3. The molecule has 0 saturated heterocycles. The standard InChI is InChI=1S/C26H34N2O2S/c1-3-4-5-6-7-8-9-10-13-23-20-21(2)17-18-25(23)31(29,30)28-24-16-11-14-22-15-12-19-27-26(22)24/h11-12,14-20,28H,3-10,13H2,1-2H3. The molecule has 1 aromatic heterocycles. The van der Waals surface area contributed by atoms with Gasteiger partial charge in [-0.05, 0) is 43.5 Å². The summed E-state index contributed by atoms with van der Waals surface area (Å²) in [5.74, 6) is 0. The predicted molar refractivity (Wildman–Crippen MR) is 130 cm³/mol. The second-order valence-electron chi connectivity index (χ2n) is 8.32. The van der Waals surface area contributed by atoms with Crippen LogP contribution in [0, 0.1) is 6.92 Å². The first-order valence-electron chi connectivity index (χ1n) is 11.5. The summed E-state index contributed by atoms with van der Waals surface area (Å²) in [5, 5.41) is 0.908. The molecule has 1 heterocycles. The molecule has 1 N–H and O–H groups in total. The summed E-state index contributed by atoms with van der Waals surface area (Å²) in [6.45, 7) is 4.24. The molecule has 0 saturated carbocycles. The Kier molecular flexibility index (Phi) is 8.47. The number of hydrogen-bond acceptors (Lipinski definition) is 3. The lowest BCUT2D eigenvalue weighted by Gasteiger charge is -2.14. The van der Waals surface area contributed by atoms with Gasteiger partial charge >= 0.3 is 0 Å². The van der Waals surface area contributed by atoms with Crippen molar-refractivity contribution in [2.24, 2.45) is 0 Å². The molecule has 0 atom stereocenters. The fraction of sp³-hybridized carbons (Fsp3) is 0.423. The molecule has 5 heteroatoms. The molecule has 0 aliphatic heterocycles. The molecule has 3 rings (SSSR count). The lowest BCUT2D eigenvalue weighted by Crippen LogP contribution is -2.15. The van der Waals surface area contributed by atoms with Crippen molar-refractivity contribution in [3.05, 3.63) is 65.9 Å². The van der Waals surface area contributed by atoms with Gasteiger partial charge in [0.2, 0.25) is 0 Å². The first-order valence-corrected chi connectivity index (χ1v) is 13.0. The predicted octanol–water partition coefficient (Wildman–Crippen LogP) is 7.03. The highest BCUT2D eigenvalue weighted by Crippen LogP contribution is 2.26. The molecular formula is C26H34N2O2S. The Morgan fingerprint density at radius 2 is 1.58 bits per heavy atom. The number of unbranched alkanes of at least 4 members (excludes halogenated alkanes) is 7. The minimum absolute atomic E-state index is 0.369. The number of pyridine rings is 1. The van der Waals surface area contributed by atoms with E-state index < -0.39 is 10.0 Å². The fourth-order valence-electron chi connectivity index (χ4n) is 4.00. The van der Waals surface area contributed by atoms with Gasteiger partial charge in [0, 0.05) is 11.6 Å². The molecule has 3 aromatic rings. The van der Waals surface area contributed by atoms with E-state index in [1.54, 1.807) is 18.3 Å². The smallest absolute Gasteiger partial charge is 0.262 e. The Morgan fingerprint density at radius 3 is 2.35 bits per heavy atom. The summed E-state index contributed by atoms with van der Waals surface area (Å²) in [7, 11) is -3.70. The van der Waals surface area contributed by atoms with Crippen LogP contribution in [0.1, 0.15) is 69.4 Å². The summed E-state index contributed by atoms with van der Waals surface area (Å²) in [4.78, 5) is 4.73. The highest BCUT2D eigenvalue weighted by atomic mass is 32.2. The molecule has 0 amide bonds. The first-order chi connectivity index (χ1) is 15.0. The van der Waals surface area contributed by atoms with Crippen molar-refractivity contribution in [1.29, 1.82) is 0 Å². The molecule has 2 aromatic carbocycles. The molecule has 4 nitrogen and oxygen atoms in total. The van der Waals surface area contributed by atoms with Gasteiger partial charge in [0.05, 0.1) is 16.1 Å². The van der Waals surface area contributed by atoms with Crippen LogP contribution < -0.4 is 4.72 Å². The van der Waals surface area contributed by atoms with Crippen molar-refractivity contribution in [1.82, 2.24) is 4.98 Å². The van der Waals surface area contributed by atoms with Crippen LogP contribution in [0.3, 0.4) is 0 Å². The van der Waals surface area contributed by atoms with Crippen LogP contribution in [-0.4, -0.2) is 13.4 Å². The summed E-state index contributed by atoms with van der Waals surface area (Å²) in [6.07, 6.45) is 12.3. The molecule has 166 valence electrons. The molecule has 0 spiro atoms. The first kappa shape index (κ1) is 23.3. The van der Waals surface area contributed by atoms with Gasteiger partial charge in [-0.1, -0.05) is 87.8 Å². The normalized spacial score (nSPS) is 11.7. The summed E-state index contributed by atoms with van der Waals surface area (Å²) in [6, 6.07) is 14.9. The zero-order chi connectivity index (χ0) is 22.1. The largest absolute Gasteiger partial charge is 0.277 e. The highest BCUT2D eigenvalue weighted by Gasteiger charge is 2.20. The van der Waals surface area contributed by atoms with Crippen molar-refractivity contribution in [2.75, 3.05) is 4.72 Å². The third-order valence-corrected chi connectivity index (χ3v) is 7.15. The second-order valence-corrected chi connectivity index (χ2v) is 9.97. The molecule has 0 bridgehead atoms. The second kappa shape index (κ2) is 11.3. The van der Waals surface area contributed by atoms with Crippen molar-refractivity contribution in [3.63, 3.8) is 0 Å². The Bertz CT molecular complexity index is 1090. The van der Waals surface area contributed by atoms with Gasteiger partial charge in [-0.25, -0.2) is 8.42 Å². The van der Waals surface area contributed by atoms with Gasteiger partial charge in [-0.15, -0.1) is 0 Å². The average Bonchev–Trinajstić information content (AvgIpc) is 2.75. The third-order valence-electron chi connectivity index (χ3n) is 5.68. The molecule has 0 fully saturated rings. The number of fused-ring (bicyclic) bond motifs is 1. The van der Waals surface area contributed by atoms with Crippen LogP contribution in [-0.2, 0) is 16.4 Å². The molecule has 0 aliphatic rings. The number of aromatic nitrogens is 1. The number of sulfonamides is 1. The highest BCUT2D eigenvalue weighted by molar-refractivity contribution is 7.92. The van der Waals surface area contributed by atoms with E-state index in [1.165, 1.54) is 38.5 Å². The van der Waals surface area contributed by atoms with Gasteiger partial charge in [0.25, 0.3) is 10.0 Å². The Labute approximate surface area is 187 Å². The monoisotopic (exact) mass is 438 g/mol. The van der Waals surface area contributed by atoms with Crippen molar-refractivity contribution >= 4 is 26.6 Å². The lowest BCUT2D eigenvalue weighted by molar-refractivity contribution is 0.573. The van der Waals surface area contributed by atoms with E-state index in [0.29, 0.717) is 16.1 Å². The van der Waals surface area contributed by atoms with Crippen LogP contribution in [0.5, 0.6) is 0 Å². The van der Waals surface area contributed by atoms with Gasteiger partial charge < -0.3 is 0 Å². The van der Waals surface area contributed by atoms with Crippen molar-refractivity contribution < 1.29 is 8.42 Å². The fourth-order valence-corrected chi connectivity index (χ4v) is 5.32. The average molecular weight is 439 g/mol. The van der Waals surface area contributed by atoms with Crippen LogP contribution >= 0.6 is 0 Å². The van der Waals surface area contributed by atoms with Gasteiger partial charge in [-0.2, -0.15) is 0 Å². The number of rotatable bonds is 12. The quantitative estimate of drug-likeness (QED) is 0.309. The van der Waals surface area contributed by atoms with Crippen LogP contribution in [0.25, 0.3) is 10.9 Å². The molecule has 0 aliphatic carbocycles. The number of para-hydroxylation sites is 1. The Hall–Kier alpha value is -2.40. The number of nitrogens with zero attached hydrogens (tertiary/aromatic N) is 1. The maximum absolute atomic E-state index is 13.3. The summed E-state index contributed by atoms with van der Waals surface area (Å²) >= 11 is 0. The number of nitrogens with one attached hydrogen (secondary N) is 1. The Balaban J connectivity index is 1.70. The maximum Gasteiger partial charge on any atom is 0.262 e. The summed E-state index contributed by atoms with van der Waals surface area (Å²) < 4.78 is 29.3. The topological polar surface area (TPSA) is 59.1 Å².